The third kappa shape index (κ3) is 3.52. The Morgan fingerprint density at radius 1 is 1.05 bits per heavy atom. The number of ether oxygens (including phenoxy) is 1. The maximum Gasteiger partial charge on any atom is 0.387 e. The van der Waals surface area contributed by atoms with Gasteiger partial charge in [0.15, 0.2) is 0 Å². The molecule has 0 aromatic heterocycles. The van der Waals surface area contributed by atoms with Crippen molar-refractivity contribution < 1.29 is 27.1 Å². The molecule has 0 saturated heterocycles. The first-order valence-electron chi connectivity index (χ1n) is 5.61. The summed E-state index contributed by atoms with van der Waals surface area (Å²) in [7, 11) is 0. The number of esters is 1. The topological polar surface area (TPSA) is 26.3 Å². The number of hydrogen-bond acceptors (Lipinski definition) is 2. The molecule has 0 saturated carbocycles. The molecule has 0 atom stereocenters. The van der Waals surface area contributed by atoms with Crippen LogP contribution < -0.4 is 4.74 Å². The molecular weight excluding hydrogens is 312 g/mol. The molecule has 0 spiro atoms. The van der Waals surface area contributed by atoms with Gasteiger partial charge >= 0.3 is 11.9 Å². The standard InChI is InChI=1S/C14H7ClF4O2/c15-9-2-1-3-12(6-9)21-13(20)14(18,19)8-4-10(16)7-11(17)5-8/h1-7H. The van der Waals surface area contributed by atoms with Gasteiger partial charge in [-0.3, -0.25) is 0 Å². The number of carbonyl (C=O) groups is 1. The highest BCUT2D eigenvalue weighted by molar-refractivity contribution is 6.30. The molecule has 2 aromatic rings. The summed E-state index contributed by atoms with van der Waals surface area (Å²) in [6.45, 7) is 0. The van der Waals surface area contributed by atoms with E-state index in [9.17, 15) is 22.4 Å². The summed E-state index contributed by atoms with van der Waals surface area (Å²) in [6, 6.07) is 6.39. The molecule has 110 valence electrons. The van der Waals surface area contributed by atoms with Crippen LogP contribution >= 0.6 is 11.6 Å². The van der Waals surface area contributed by atoms with Gasteiger partial charge in [-0.2, -0.15) is 8.78 Å². The average molecular weight is 319 g/mol. The van der Waals surface area contributed by atoms with E-state index in [0.717, 1.165) is 6.07 Å². The van der Waals surface area contributed by atoms with Crippen LogP contribution in [-0.4, -0.2) is 5.97 Å². The van der Waals surface area contributed by atoms with Crippen LogP contribution in [0.25, 0.3) is 0 Å². The molecule has 0 amide bonds. The Labute approximate surface area is 121 Å². The minimum absolute atomic E-state index is 0.181. The number of alkyl halides is 2. The number of rotatable bonds is 3. The molecule has 0 heterocycles. The zero-order valence-corrected chi connectivity index (χ0v) is 11.0. The normalized spacial score (nSPS) is 11.3. The van der Waals surface area contributed by atoms with Crippen molar-refractivity contribution in [3.63, 3.8) is 0 Å². The van der Waals surface area contributed by atoms with Gasteiger partial charge in [0.05, 0.1) is 0 Å². The molecular formula is C14H7ClF4O2. The van der Waals surface area contributed by atoms with Crippen LogP contribution in [-0.2, 0) is 10.7 Å². The molecule has 0 aliphatic heterocycles. The third-order valence-corrected chi connectivity index (χ3v) is 2.72. The first-order valence-corrected chi connectivity index (χ1v) is 5.99. The summed E-state index contributed by atoms with van der Waals surface area (Å²) in [5.41, 5.74) is -1.13. The van der Waals surface area contributed by atoms with E-state index in [1.165, 1.54) is 18.2 Å². The first kappa shape index (κ1) is 15.3. The molecule has 0 radical (unpaired) electrons. The molecule has 2 nitrogen and oxygen atoms in total. The second-order valence-electron chi connectivity index (χ2n) is 4.08. The van der Waals surface area contributed by atoms with Gasteiger partial charge in [-0.15, -0.1) is 0 Å². The molecule has 7 heteroatoms. The van der Waals surface area contributed by atoms with Crippen molar-refractivity contribution in [3.05, 3.63) is 64.7 Å². The van der Waals surface area contributed by atoms with Gasteiger partial charge in [-0.05, 0) is 30.3 Å². The maximum absolute atomic E-state index is 13.9. The van der Waals surface area contributed by atoms with Gasteiger partial charge in [0.1, 0.15) is 17.4 Å². The van der Waals surface area contributed by atoms with Crippen molar-refractivity contribution in [3.8, 4) is 5.75 Å². The van der Waals surface area contributed by atoms with Gasteiger partial charge < -0.3 is 4.74 Å². The monoisotopic (exact) mass is 318 g/mol. The van der Waals surface area contributed by atoms with Crippen molar-refractivity contribution in [2.24, 2.45) is 0 Å². The van der Waals surface area contributed by atoms with Gasteiger partial charge in [0.2, 0.25) is 0 Å². The van der Waals surface area contributed by atoms with E-state index in [-0.39, 0.29) is 10.8 Å². The Kier molecular flexibility index (Phi) is 4.18. The van der Waals surface area contributed by atoms with Crippen LogP contribution in [0.5, 0.6) is 5.75 Å². The van der Waals surface area contributed by atoms with Crippen LogP contribution in [0.4, 0.5) is 17.6 Å². The van der Waals surface area contributed by atoms with Gasteiger partial charge in [-0.1, -0.05) is 17.7 Å². The molecule has 0 fully saturated rings. The largest absolute Gasteiger partial charge is 0.422 e. The third-order valence-electron chi connectivity index (χ3n) is 2.49. The molecule has 0 bridgehead atoms. The zero-order valence-electron chi connectivity index (χ0n) is 10.2. The second-order valence-corrected chi connectivity index (χ2v) is 4.52. The quantitative estimate of drug-likeness (QED) is 0.479. The Bertz CT molecular complexity index is 668. The predicted octanol–water partition coefficient (Wildman–Crippen LogP) is 4.32. The zero-order chi connectivity index (χ0) is 15.6. The molecule has 0 N–H and O–H groups in total. The SMILES string of the molecule is O=C(Oc1cccc(Cl)c1)C(F)(F)c1cc(F)cc(F)c1. The van der Waals surface area contributed by atoms with E-state index >= 15 is 0 Å². The molecule has 0 aliphatic carbocycles. The smallest absolute Gasteiger partial charge is 0.387 e. The molecule has 2 rings (SSSR count). The van der Waals surface area contributed by atoms with Crippen LogP contribution in [0, 0.1) is 11.6 Å². The Morgan fingerprint density at radius 3 is 2.24 bits per heavy atom. The number of benzene rings is 2. The van der Waals surface area contributed by atoms with E-state index in [0.29, 0.717) is 18.2 Å². The van der Waals surface area contributed by atoms with Gasteiger partial charge in [0, 0.05) is 16.7 Å². The van der Waals surface area contributed by atoms with Crippen LogP contribution in [0.15, 0.2) is 42.5 Å². The van der Waals surface area contributed by atoms with Crippen LogP contribution in [0.2, 0.25) is 5.02 Å². The van der Waals surface area contributed by atoms with Crippen molar-refractivity contribution in [1.82, 2.24) is 0 Å². The maximum atomic E-state index is 13.9. The Balaban J connectivity index is 2.28. The van der Waals surface area contributed by atoms with E-state index in [2.05, 4.69) is 4.74 Å². The summed E-state index contributed by atoms with van der Waals surface area (Å²) in [5, 5.41) is 0.181. The fourth-order valence-electron chi connectivity index (χ4n) is 1.55. The fraction of sp³-hybridized carbons (Fsp3) is 0.0714. The highest BCUT2D eigenvalue weighted by Gasteiger charge is 2.44. The highest BCUT2D eigenvalue weighted by atomic mass is 35.5. The second kappa shape index (κ2) is 5.73. The molecule has 0 aliphatic rings. The highest BCUT2D eigenvalue weighted by Crippen LogP contribution is 2.31. The van der Waals surface area contributed by atoms with E-state index in [1.54, 1.807) is 0 Å². The Hall–Kier alpha value is -2.08. The van der Waals surface area contributed by atoms with Crippen molar-refractivity contribution >= 4 is 17.6 Å². The lowest BCUT2D eigenvalue weighted by Crippen LogP contribution is -2.30. The lowest BCUT2D eigenvalue weighted by Gasteiger charge is -2.15. The number of carbonyl (C=O) groups excluding carboxylic acids is 1. The lowest BCUT2D eigenvalue weighted by atomic mass is 10.1. The van der Waals surface area contributed by atoms with Crippen molar-refractivity contribution in [2.45, 2.75) is 5.92 Å². The summed E-state index contributed by atoms with van der Waals surface area (Å²) in [4.78, 5) is 11.5. The van der Waals surface area contributed by atoms with Crippen LogP contribution in [0.1, 0.15) is 5.56 Å². The number of hydrogen-bond donors (Lipinski definition) is 0. The molecule has 2 aromatic carbocycles. The summed E-state index contributed by atoms with van der Waals surface area (Å²) in [5.74, 6) is -8.81. The Morgan fingerprint density at radius 2 is 1.67 bits per heavy atom. The molecule has 21 heavy (non-hydrogen) atoms. The minimum atomic E-state index is -4.20. The van der Waals surface area contributed by atoms with Gasteiger partial charge in [0.25, 0.3) is 0 Å². The summed E-state index contributed by atoms with van der Waals surface area (Å²) < 4.78 is 58.1. The van der Waals surface area contributed by atoms with Gasteiger partial charge in [-0.25, -0.2) is 13.6 Å². The summed E-state index contributed by atoms with van der Waals surface area (Å²) in [6.07, 6.45) is 0. The predicted molar refractivity (Wildman–Crippen MR) is 67.3 cm³/mol. The van der Waals surface area contributed by atoms with Crippen molar-refractivity contribution in [2.75, 3.05) is 0 Å². The fourth-order valence-corrected chi connectivity index (χ4v) is 1.73. The van der Waals surface area contributed by atoms with E-state index in [4.69, 9.17) is 11.6 Å². The first-order chi connectivity index (χ1) is 9.79. The van der Waals surface area contributed by atoms with E-state index < -0.39 is 29.1 Å². The molecule has 0 unspecified atom stereocenters. The lowest BCUT2D eigenvalue weighted by molar-refractivity contribution is -0.163. The average Bonchev–Trinajstić information content (AvgIpc) is 2.37. The number of halogens is 5. The summed E-state index contributed by atoms with van der Waals surface area (Å²) >= 11 is 5.62. The minimum Gasteiger partial charge on any atom is -0.422 e. The van der Waals surface area contributed by atoms with E-state index in [1.807, 2.05) is 0 Å². The van der Waals surface area contributed by atoms with Crippen LogP contribution in [0.3, 0.4) is 0 Å². The van der Waals surface area contributed by atoms with Crippen molar-refractivity contribution in [1.29, 1.82) is 0 Å².